The molecule has 4 aromatic rings. The van der Waals surface area contributed by atoms with Crippen LogP contribution in [0.5, 0.6) is 0 Å². The third-order valence-electron chi connectivity index (χ3n) is 6.88. The molecule has 6 rings (SSSR count). The van der Waals surface area contributed by atoms with E-state index in [9.17, 15) is 45.1 Å². The van der Waals surface area contributed by atoms with Gasteiger partial charge in [-0.1, -0.05) is 48.5 Å². The molecule has 11 nitrogen and oxygen atoms in total. The fraction of sp³-hybridized carbons (Fsp3) is 0. The van der Waals surface area contributed by atoms with E-state index in [4.69, 9.17) is 0 Å². The van der Waals surface area contributed by atoms with Gasteiger partial charge >= 0.3 is 59.1 Å². The summed E-state index contributed by atoms with van der Waals surface area (Å²) in [6, 6.07) is 14.9. The van der Waals surface area contributed by atoms with Crippen LogP contribution in [-0.2, 0) is 20.2 Å². The molecule has 0 amide bonds. The zero-order valence-corrected chi connectivity index (χ0v) is 28.0. The zero-order chi connectivity index (χ0) is 29.4. The molecule has 0 radical (unpaired) electrons. The number of rotatable bonds is 4. The molecule has 0 aliphatic heterocycles. The van der Waals surface area contributed by atoms with Gasteiger partial charge in [0.15, 0.2) is 23.1 Å². The maximum Gasteiger partial charge on any atom is 1.00 e. The van der Waals surface area contributed by atoms with Crippen LogP contribution in [0.1, 0.15) is 63.7 Å². The van der Waals surface area contributed by atoms with E-state index < -0.39 is 75.4 Å². The first-order valence-corrected chi connectivity index (χ1v) is 14.5. The first-order chi connectivity index (χ1) is 19.3. The Hall–Kier alpha value is -2.82. The summed E-state index contributed by atoms with van der Waals surface area (Å²) >= 11 is 0. The second kappa shape index (κ2) is 11.6. The van der Waals surface area contributed by atoms with Gasteiger partial charge in [-0.15, -0.1) is 0 Å². The Bertz CT molecular complexity index is 2010. The Morgan fingerprint density at radius 3 is 1.00 bits per heavy atom. The first kappa shape index (κ1) is 33.1. The third kappa shape index (κ3) is 5.29. The molecule has 0 fully saturated rings. The summed E-state index contributed by atoms with van der Waals surface area (Å²) in [4.78, 5) is 52.0. The second-order valence-electron chi connectivity index (χ2n) is 9.16. The number of benzene rings is 4. The largest absolute Gasteiger partial charge is 1.00 e. The van der Waals surface area contributed by atoms with Gasteiger partial charge in [-0.3, -0.25) is 19.2 Å². The molecule has 1 N–H and O–H groups in total. The molecule has 0 saturated heterocycles. The molecule has 0 unspecified atom stereocenters. The number of fused-ring (bicyclic) bond motifs is 4. The van der Waals surface area contributed by atoms with E-state index in [-0.39, 0.29) is 92.7 Å². The van der Waals surface area contributed by atoms with E-state index in [1.807, 2.05) is 0 Å². The van der Waals surface area contributed by atoms with Crippen molar-refractivity contribution in [1.82, 2.24) is 0 Å². The number of hydrogen-bond donors (Lipinski definition) is 1. The molecule has 0 bridgehead atoms. The molecule has 0 heterocycles. The Morgan fingerprint density at radius 2 is 0.721 bits per heavy atom. The molecule has 0 atom stereocenters. The fourth-order valence-electron chi connectivity index (χ4n) is 5.16. The van der Waals surface area contributed by atoms with Crippen molar-refractivity contribution in [2.24, 2.45) is 0 Å². The van der Waals surface area contributed by atoms with Gasteiger partial charge in [0.2, 0.25) is 0 Å². The molecular weight excluding hydrogens is 620 g/mol. The number of carbonyl (C=O) groups excluding carboxylic acids is 4. The van der Waals surface area contributed by atoms with Crippen LogP contribution in [0.15, 0.2) is 82.6 Å². The van der Waals surface area contributed by atoms with Crippen molar-refractivity contribution in [2.75, 3.05) is 5.32 Å². The van der Waals surface area contributed by atoms with Gasteiger partial charge in [0.25, 0.3) is 0 Å². The van der Waals surface area contributed by atoms with Gasteiger partial charge in [0.05, 0.1) is 43.4 Å². The molecule has 204 valence electrons. The first-order valence-electron chi connectivity index (χ1n) is 11.7. The van der Waals surface area contributed by atoms with Gasteiger partial charge in [0, 0.05) is 22.3 Å². The van der Waals surface area contributed by atoms with Crippen molar-refractivity contribution in [1.29, 1.82) is 0 Å². The van der Waals surface area contributed by atoms with Gasteiger partial charge in [-0.2, -0.15) is 0 Å². The number of ketones is 4. The normalized spacial score (nSPS) is 13.5. The average Bonchev–Trinajstić information content (AvgIpc) is 2.93. The predicted molar refractivity (Wildman–Crippen MR) is 139 cm³/mol. The van der Waals surface area contributed by atoms with Crippen molar-refractivity contribution in [3.63, 3.8) is 0 Å². The minimum atomic E-state index is -5.23. The minimum Gasteiger partial charge on any atom is -0.744 e. The molecule has 0 spiro atoms. The van der Waals surface area contributed by atoms with Gasteiger partial charge in [-0.05, 0) is 24.3 Å². The standard InChI is InChI=1S/C28H15NO10S2.2Na/c30-25-13-5-1-3-7-15(13)27(32)23-19(40(34,35)36)11-9-17(21(23)25)29-18-10-12-20(41(37,38)39)24-22(18)26(31)14-6-2-4-8-16(14)28(24)33;;/h1-12,29H,(H,34,35,36)(H,37,38,39);;/q;2*+1/p-2. The zero-order valence-electron chi connectivity index (χ0n) is 22.3. The van der Waals surface area contributed by atoms with E-state index in [1.54, 1.807) is 0 Å². The van der Waals surface area contributed by atoms with Crippen LogP contribution in [0.4, 0.5) is 11.4 Å². The summed E-state index contributed by atoms with van der Waals surface area (Å²) in [7, 11) is -10.5. The maximum absolute atomic E-state index is 13.6. The van der Waals surface area contributed by atoms with Gasteiger partial charge < -0.3 is 14.4 Å². The third-order valence-corrected chi connectivity index (χ3v) is 8.64. The quantitative estimate of drug-likeness (QED) is 0.152. The molecule has 43 heavy (non-hydrogen) atoms. The Labute approximate surface area is 288 Å². The summed E-state index contributed by atoms with van der Waals surface area (Å²) in [6.07, 6.45) is 0. The van der Waals surface area contributed by atoms with Crippen LogP contribution >= 0.6 is 0 Å². The van der Waals surface area contributed by atoms with Gasteiger partial charge in [-0.25, -0.2) is 16.8 Å². The van der Waals surface area contributed by atoms with Crippen LogP contribution in [0.25, 0.3) is 0 Å². The summed E-state index contributed by atoms with van der Waals surface area (Å²) in [5.74, 6) is -3.40. The maximum atomic E-state index is 13.6. The van der Waals surface area contributed by atoms with Crippen LogP contribution < -0.4 is 64.4 Å². The van der Waals surface area contributed by atoms with Crippen molar-refractivity contribution in [2.45, 2.75) is 9.79 Å². The number of hydrogen-bond acceptors (Lipinski definition) is 11. The predicted octanol–water partition coefficient (Wildman–Crippen LogP) is -3.20. The molecule has 2 aliphatic carbocycles. The van der Waals surface area contributed by atoms with E-state index in [0.29, 0.717) is 0 Å². The van der Waals surface area contributed by atoms with Crippen LogP contribution in [0, 0.1) is 0 Å². The van der Waals surface area contributed by atoms with Crippen LogP contribution in [-0.4, -0.2) is 49.1 Å². The number of carbonyl (C=O) groups is 4. The summed E-state index contributed by atoms with van der Waals surface area (Å²) in [6.45, 7) is 0. The second-order valence-corrected chi connectivity index (χ2v) is 11.9. The molecule has 0 saturated carbocycles. The van der Waals surface area contributed by atoms with Crippen LogP contribution in [0.2, 0.25) is 0 Å². The fourth-order valence-corrected chi connectivity index (χ4v) is 6.52. The molecule has 0 aromatic heterocycles. The van der Waals surface area contributed by atoms with E-state index in [1.165, 1.54) is 48.5 Å². The number of anilines is 2. The van der Waals surface area contributed by atoms with E-state index in [0.717, 1.165) is 24.3 Å². The molecule has 4 aromatic carbocycles. The molecule has 2 aliphatic rings. The van der Waals surface area contributed by atoms with Gasteiger partial charge in [0.1, 0.15) is 20.2 Å². The van der Waals surface area contributed by atoms with E-state index >= 15 is 0 Å². The molecular formula is C28H13NNa2O10S2. The van der Waals surface area contributed by atoms with E-state index in [2.05, 4.69) is 5.32 Å². The Balaban J connectivity index is 0.00000212. The monoisotopic (exact) mass is 633 g/mol. The van der Waals surface area contributed by atoms with Crippen LogP contribution in [0.3, 0.4) is 0 Å². The van der Waals surface area contributed by atoms with Crippen molar-refractivity contribution < 1.29 is 104 Å². The topological polar surface area (TPSA) is 195 Å². The summed E-state index contributed by atoms with van der Waals surface area (Å²) in [5, 5.41) is 2.74. The van der Waals surface area contributed by atoms with Crippen molar-refractivity contribution in [3.8, 4) is 0 Å². The van der Waals surface area contributed by atoms with Crippen molar-refractivity contribution in [3.05, 3.63) is 117 Å². The smallest absolute Gasteiger partial charge is 0.744 e. The summed E-state index contributed by atoms with van der Waals surface area (Å²) < 4.78 is 72.3. The number of nitrogens with one attached hydrogen (secondary N) is 1. The molecule has 15 heteroatoms. The minimum absolute atomic E-state index is 0. The SMILES string of the molecule is O=C1c2ccccc2C(=O)c2c(S(=O)(=O)[O-])ccc(Nc3ccc(S(=O)(=O)[O-])c4c3C(=O)c3ccccc3C4=O)c21.[Na+].[Na+]. The Morgan fingerprint density at radius 1 is 0.442 bits per heavy atom. The summed E-state index contributed by atoms with van der Waals surface area (Å²) in [5.41, 5.74) is -3.09. The Kier molecular flexibility index (Phi) is 8.92. The average molecular weight is 634 g/mol. The van der Waals surface area contributed by atoms with Crippen molar-refractivity contribution >= 4 is 54.7 Å².